The van der Waals surface area contributed by atoms with Crippen LogP contribution < -0.4 is 5.56 Å². The minimum atomic E-state index is -0.371. The van der Waals surface area contributed by atoms with Crippen LogP contribution in [-0.2, 0) is 0 Å². The molecule has 0 saturated heterocycles. The Labute approximate surface area is 123 Å². The van der Waals surface area contributed by atoms with Crippen LogP contribution in [0.3, 0.4) is 0 Å². The van der Waals surface area contributed by atoms with Crippen molar-refractivity contribution in [3.8, 4) is 5.69 Å². The Kier molecular flexibility index (Phi) is 3.16. The molecule has 0 fully saturated rings. The van der Waals surface area contributed by atoms with Gasteiger partial charge in [-0.05, 0) is 54.7 Å². The molecule has 0 unspecified atom stereocenters. The molecule has 1 heterocycles. The van der Waals surface area contributed by atoms with E-state index in [0.717, 1.165) is 0 Å². The highest BCUT2D eigenvalue weighted by atomic mass is 35.5. The van der Waals surface area contributed by atoms with Crippen molar-refractivity contribution in [2.45, 2.75) is 0 Å². The molecule has 0 aliphatic heterocycles. The average molecular weight is 307 g/mol. The number of rotatable bonds is 1. The van der Waals surface area contributed by atoms with Crippen molar-refractivity contribution in [2.24, 2.45) is 0 Å². The first-order valence-corrected chi connectivity index (χ1v) is 6.55. The quantitative estimate of drug-likeness (QED) is 0.694. The molecule has 0 atom stereocenters. The van der Waals surface area contributed by atoms with Crippen LogP contribution in [0.1, 0.15) is 0 Å². The van der Waals surface area contributed by atoms with E-state index in [1.165, 1.54) is 28.8 Å². The summed E-state index contributed by atoms with van der Waals surface area (Å²) in [4.78, 5) is 15.4. The number of nitrogens with zero attached hydrogens (tertiary/aromatic N) is 1. The van der Waals surface area contributed by atoms with E-state index in [2.05, 4.69) is 4.98 Å². The van der Waals surface area contributed by atoms with Gasteiger partial charge in [0.1, 0.15) is 5.82 Å². The number of nitrogens with one attached hydrogen (secondary N) is 1. The van der Waals surface area contributed by atoms with Crippen molar-refractivity contribution in [2.75, 3.05) is 0 Å². The number of H-pyrrole nitrogens is 1. The predicted octanol–water partition coefficient (Wildman–Crippen LogP) is 3.84. The standard InChI is InChI=1S/C14H8ClFN2OS/c15-8-1-6-11-12(7-8)17-14(20)18(13(11)19)10-4-2-9(16)3-5-10/h1-7H,(H,17,20). The molecule has 1 N–H and O–H groups in total. The zero-order valence-corrected chi connectivity index (χ0v) is 11.6. The normalized spacial score (nSPS) is 10.9. The lowest BCUT2D eigenvalue weighted by molar-refractivity contribution is 0.627. The summed E-state index contributed by atoms with van der Waals surface area (Å²) in [6, 6.07) is 10.5. The van der Waals surface area contributed by atoms with Crippen molar-refractivity contribution in [3.05, 3.63) is 68.4 Å². The van der Waals surface area contributed by atoms with Gasteiger partial charge in [-0.25, -0.2) is 4.39 Å². The van der Waals surface area contributed by atoms with E-state index in [1.54, 1.807) is 18.2 Å². The lowest BCUT2D eigenvalue weighted by atomic mass is 10.2. The zero-order chi connectivity index (χ0) is 14.3. The first-order valence-electron chi connectivity index (χ1n) is 5.77. The smallest absolute Gasteiger partial charge is 0.266 e. The largest absolute Gasteiger partial charge is 0.331 e. The first kappa shape index (κ1) is 13.0. The maximum Gasteiger partial charge on any atom is 0.266 e. The van der Waals surface area contributed by atoms with Crippen molar-refractivity contribution in [1.29, 1.82) is 0 Å². The third kappa shape index (κ3) is 2.15. The summed E-state index contributed by atoms with van der Waals surface area (Å²) in [6.07, 6.45) is 0. The molecule has 100 valence electrons. The summed E-state index contributed by atoms with van der Waals surface area (Å²) in [5, 5.41) is 0.981. The van der Waals surface area contributed by atoms with Crippen molar-refractivity contribution >= 4 is 34.7 Å². The molecule has 0 aliphatic carbocycles. The molecule has 6 heteroatoms. The van der Waals surface area contributed by atoms with Crippen molar-refractivity contribution < 1.29 is 4.39 Å². The van der Waals surface area contributed by atoms with Crippen LogP contribution >= 0.6 is 23.8 Å². The summed E-state index contributed by atoms with van der Waals surface area (Å²) in [5.74, 6) is -0.371. The number of aromatic nitrogens is 2. The SMILES string of the molecule is O=c1c2ccc(Cl)cc2[nH]c(=S)n1-c1ccc(F)cc1. The number of fused-ring (bicyclic) bond motifs is 1. The van der Waals surface area contributed by atoms with E-state index in [0.29, 0.717) is 21.6 Å². The Balaban J connectivity index is 2.37. The topological polar surface area (TPSA) is 37.8 Å². The molecular formula is C14H8ClFN2OS. The molecule has 0 aliphatic rings. The Morgan fingerprint density at radius 3 is 2.55 bits per heavy atom. The van der Waals surface area contributed by atoms with Crippen LogP contribution in [0, 0.1) is 10.6 Å². The molecule has 0 saturated carbocycles. The molecule has 0 spiro atoms. The van der Waals surface area contributed by atoms with Crippen LogP contribution in [0.2, 0.25) is 5.02 Å². The fourth-order valence-electron chi connectivity index (χ4n) is 2.01. The molecular weight excluding hydrogens is 299 g/mol. The highest BCUT2D eigenvalue weighted by molar-refractivity contribution is 7.71. The Bertz CT molecular complexity index is 915. The average Bonchev–Trinajstić information content (AvgIpc) is 2.40. The van der Waals surface area contributed by atoms with Crippen LogP contribution in [0.25, 0.3) is 16.6 Å². The van der Waals surface area contributed by atoms with Crippen LogP contribution in [0.5, 0.6) is 0 Å². The van der Waals surface area contributed by atoms with Crippen LogP contribution in [0.15, 0.2) is 47.3 Å². The molecule has 2 aromatic carbocycles. The molecule has 20 heavy (non-hydrogen) atoms. The van der Waals surface area contributed by atoms with E-state index in [4.69, 9.17) is 23.8 Å². The molecule has 0 bridgehead atoms. The highest BCUT2D eigenvalue weighted by Crippen LogP contribution is 2.16. The van der Waals surface area contributed by atoms with Crippen LogP contribution in [-0.4, -0.2) is 9.55 Å². The minimum absolute atomic E-state index is 0.233. The van der Waals surface area contributed by atoms with Crippen molar-refractivity contribution in [1.82, 2.24) is 9.55 Å². The van der Waals surface area contributed by atoms with Gasteiger partial charge >= 0.3 is 0 Å². The number of aromatic amines is 1. The minimum Gasteiger partial charge on any atom is -0.331 e. The summed E-state index contributed by atoms with van der Waals surface area (Å²) < 4.78 is 14.5. The zero-order valence-electron chi connectivity index (χ0n) is 10.1. The fourth-order valence-corrected chi connectivity index (χ4v) is 2.49. The molecule has 0 amide bonds. The number of hydrogen-bond donors (Lipinski definition) is 1. The van der Waals surface area contributed by atoms with Gasteiger partial charge in [-0.1, -0.05) is 11.6 Å². The Morgan fingerprint density at radius 1 is 1.15 bits per heavy atom. The van der Waals surface area contributed by atoms with Gasteiger partial charge < -0.3 is 4.98 Å². The van der Waals surface area contributed by atoms with Gasteiger partial charge in [-0.15, -0.1) is 0 Å². The maximum absolute atomic E-state index is 13.0. The Hall–Kier alpha value is -1.98. The number of hydrogen-bond acceptors (Lipinski definition) is 2. The van der Waals surface area contributed by atoms with Gasteiger partial charge in [0, 0.05) is 5.02 Å². The molecule has 1 aromatic heterocycles. The monoisotopic (exact) mass is 306 g/mol. The Morgan fingerprint density at radius 2 is 1.85 bits per heavy atom. The van der Waals surface area contributed by atoms with Gasteiger partial charge in [-0.3, -0.25) is 9.36 Å². The van der Waals surface area contributed by atoms with E-state index < -0.39 is 0 Å². The molecule has 3 rings (SSSR count). The second-order valence-corrected chi connectivity index (χ2v) is 5.06. The second-order valence-electron chi connectivity index (χ2n) is 4.24. The summed E-state index contributed by atoms with van der Waals surface area (Å²) in [5.41, 5.74) is 0.812. The van der Waals surface area contributed by atoms with Crippen LogP contribution in [0.4, 0.5) is 4.39 Å². The maximum atomic E-state index is 13.0. The third-order valence-electron chi connectivity index (χ3n) is 2.94. The summed E-state index contributed by atoms with van der Waals surface area (Å²) in [7, 11) is 0. The second kappa shape index (κ2) is 4.85. The van der Waals surface area contributed by atoms with E-state index in [9.17, 15) is 9.18 Å². The highest BCUT2D eigenvalue weighted by Gasteiger charge is 2.08. The van der Waals surface area contributed by atoms with Crippen molar-refractivity contribution in [3.63, 3.8) is 0 Å². The predicted molar refractivity (Wildman–Crippen MR) is 79.7 cm³/mol. The van der Waals surface area contributed by atoms with Gasteiger partial charge in [0.25, 0.3) is 5.56 Å². The fraction of sp³-hybridized carbons (Fsp3) is 0. The lowest BCUT2D eigenvalue weighted by Crippen LogP contribution is -2.20. The lowest BCUT2D eigenvalue weighted by Gasteiger charge is -2.08. The van der Waals surface area contributed by atoms with Gasteiger partial charge in [-0.2, -0.15) is 0 Å². The number of halogens is 2. The molecule has 3 nitrogen and oxygen atoms in total. The van der Waals surface area contributed by atoms with E-state index in [1.807, 2.05) is 0 Å². The third-order valence-corrected chi connectivity index (χ3v) is 3.46. The molecule has 3 aromatic rings. The van der Waals surface area contributed by atoms with Gasteiger partial charge in [0.15, 0.2) is 4.77 Å². The summed E-state index contributed by atoms with van der Waals surface area (Å²) >= 11 is 11.1. The van der Waals surface area contributed by atoms with E-state index in [-0.39, 0.29) is 16.1 Å². The first-order chi connectivity index (χ1) is 9.56. The number of benzene rings is 2. The summed E-state index contributed by atoms with van der Waals surface area (Å²) in [6.45, 7) is 0. The van der Waals surface area contributed by atoms with Gasteiger partial charge in [0.05, 0.1) is 16.6 Å². The van der Waals surface area contributed by atoms with E-state index >= 15 is 0 Å². The van der Waals surface area contributed by atoms with Gasteiger partial charge in [0.2, 0.25) is 0 Å². The molecule has 0 radical (unpaired) electrons.